The van der Waals surface area contributed by atoms with Crippen LogP contribution in [-0.4, -0.2) is 20.3 Å². The van der Waals surface area contributed by atoms with E-state index in [1.807, 2.05) is 9.78 Å². The van der Waals surface area contributed by atoms with Crippen LogP contribution in [0, 0.1) is 0 Å². The van der Waals surface area contributed by atoms with Gasteiger partial charge in [-0.3, -0.25) is 10.1 Å². The van der Waals surface area contributed by atoms with Crippen LogP contribution in [0.4, 0.5) is 5.13 Å². The number of pyridine rings is 1. The molecule has 0 aliphatic carbocycles. The Morgan fingerprint density at radius 2 is 2.41 bits per heavy atom. The number of nitrogens with one attached hydrogen (secondary N) is 1. The number of carbonyl (C=O) groups excluding carboxylic acids is 1. The molecule has 0 bridgehead atoms. The summed E-state index contributed by atoms with van der Waals surface area (Å²) < 4.78 is 1.85. The van der Waals surface area contributed by atoms with Gasteiger partial charge in [-0.2, -0.15) is 0 Å². The van der Waals surface area contributed by atoms with Gasteiger partial charge < -0.3 is 4.40 Å². The normalized spacial score (nSPS) is 10.6. The fourth-order valence-corrected chi connectivity index (χ4v) is 2.04. The average molecular weight is 244 g/mol. The summed E-state index contributed by atoms with van der Waals surface area (Å²) in [7, 11) is 0. The van der Waals surface area contributed by atoms with Crippen LogP contribution in [0.2, 0.25) is 0 Å². The molecule has 17 heavy (non-hydrogen) atoms. The molecule has 0 fully saturated rings. The summed E-state index contributed by atoms with van der Waals surface area (Å²) >= 11 is 1.39. The van der Waals surface area contributed by atoms with Crippen LogP contribution in [0.5, 0.6) is 0 Å². The summed E-state index contributed by atoms with van der Waals surface area (Å²) in [6.45, 7) is 0. The third-order valence-electron chi connectivity index (χ3n) is 2.33. The van der Waals surface area contributed by atoms with Crippen LogP contribution < -0.4 is 5.32 Å². The SMILES string of the molecule is O=C(Nc1nccs1)c1ccn2cncc2c1. The molecule has 6 heteroatoms. The van der Waals surface area contributed by atoms with Crippen molar-refractivity contribution in [1.29, 1.82) is 0 Å². The van der Waals surface area contributed by atoms with Gasteiger partial charge in [-0.1, -0.05) is 0 Å². The summed E-state index contributed by atoms with van der Waals surface area (Å²) in [4.78, 5) is 19.9. The highest BCUT2D eigenvalue weighted by Gasteiger charge is 2.08. The van der Waals surface area contributed by atoms with Gasteiger partial charge >= 0.3 is 0 Å². The van der Waals surface area contributed by atoms with Crippen LogP contribution in [0.15, 0.2) is 42.4 Å². The van der Waals surface area contributed by atoms with E-state index in [2.05, 4.69) is 15.3 Å². The molecule has 3 aromatic rings. The van der Waals surface area contributed by atoms with Crippen molar-refractivity contribution in [1.82, 2.24) is 14.4 Å². The maximum absolute atomic E-state index is 11.9. The van der Waals surface area contributed by atoms with Gasteiger partial charge in [-0.05, 0) is 12.1 Å². The molecule has 3 heterocycles. The van der Waals surface area contributed by atoms with Gasteiger partial charge in [-0.25, -0.2) is 9.97 Å². The van der Waals surface area contributed by atoms with Gasteiger partial charge in [0, 0.05) is 23.3 Å². The Labute approximate surface area is 101 Å². The van der Waals surface area contributed by atoms with E-state index in [0.717, 1.165) is 5.52 Å². The Morgan fingerprint density at radius 1 is 1.47 bits per heavy atom. The Hall–Kier alpha value is -2.21. The largest absolute Gasteiger partial charge is 0.306 e. The number of anilines is 1. The van der Waals surface area contributed by atoms with E-state index in [0.29, 0.717) is 10.7 Å². The van der Waals surface area contributed by atoms with Crippen LogP contribution in [0.1, 0.15) is 10.4 Å². The van der Waals surface area contributed by atoms with Gasteiger partial charge in [0.25, 0.3) is 5.91 Å². The number of hydrogen-bond donors (Lipinski definition) is 1. The molecule has 3 aromatic heterocycles. The lowest BCUT2D eigenvalue weighted by molar-refractivity contribution is 0.102. The molecule has 0 aromatic carbocycles. The van der Waals surface area contributed by atoms with Crippen molar-refractivity contribution in [3.05, 3.63) is 48.0 Å². The first-order valence-corrected chi connectivity index (χ1v) is 5.83. The van der Waals surface area contributed by atoms with Crippen LogP contribution in [0.25, 0.3) is 5.52 Å². The van der Waals surface area contributed by atoms with Crippen molar-refractivity contribution >= 4 is 27.9 Å². The Kier molecular flexibility index (Phi) is 2.34. The number of thiazole rings is 1. The maximum Gasteiger partial charge on any atom is 0.257 e. The predicted molar refractivity (Wildman–Crippen MR) is 65.3 cm³/mol. The predicted octanol–water partition coefficient (Wildman–Crippen LogP) is 2.04. The van der Waals surface area contributed by atoms with Crippen LogP contribution >= 0.6 is 11.3 Å². The third kappa shape index (κ3) is 1.90. The van der Waals surface area contributed by atoms with Gasteiger partial charge in [0.1, 0.15) is 0 Å². The molecule has 0 aliphatic heterocycles. The van der Waals surface area contributed by atoms with E-state index in [4.69, 9.17) is 0 Å². The molecule has 0 aliphatic rings. The first kappa shape index (κ1) is 9.98. The molecular weight excluding hydrogens is 236 g/mol. The Balaban J connectivity index is 1.90. The fraction of sp³-hybridized carbons (Fsp3) is 0. The number of amides is 1. The highest BCUT2D eigenvalue weighted by atomic mass is 32.1. The smallest absolute Gasteiger partial charge is 0.257 e. The Morgan fingerprint density at radius 3 is 3.24 bits per heavy atom. The summed E-state index contributed by atoms with van der Waals surface area (Å²) in [5, 5.41) is 5.15. The molecule has 0 atom stereocenters. The van der Waals surface area contributed by atoms with E-state index in [-0.39, 0.29) is 5.91 Å². The standard InChI is InChI=1S/C11H8N4OS/c16-10(14-11-13-2-4-17-11)8-1-3-15-7-12-6-9(15)5-8/h1-7H,(H,13,14,16). The molecule has 0 saturated carbocycles. The van der Waals surface area contributed by atoms with Gasteiger partial charge in [0.15, 0.2) is 5.13 Å². The number of aromatic nitrogens is 3. The van der Waals surface area contributed by atoms with Gasteiger partial charge in [-0.15, -0.1) is 11.3 Å². The zero-order chi connectivity index (χ0) is 11.7. The molecule has 0 radical (unpaired) electrons. The fourth-order valence-electron chi connectivity index (χ4n) is 1.51. The summed E-state index contributed by atoms with van der Waals surface area (Å²) in [6, 6.07) is 3.54. The highest BCUT2D eigenvalue weighted by Crippen LogP contribution is 2.13. The van der Waals surface area contributed by atoms with Crippen molar-refractivity contribution in [2.45, 2.75) is 0 Å². The van der Waals surface area contributed by atoms with E-state index < -0.39 is 0 Å². The second-order valence-electron chi connectivity index (χ2n) is 3.43. The van der Waals surface area contributed by atoms with Crippen molar-refractivity contribution in [2.24, 2.45) is 0 Å². The van der Waals surface area contributed by atoms with Gasteiger partial charge in [0.05, 0.1) is 18.0 Å². The zero-order valence-corrected chi connectivity index (χ0v) is 9.52. The molecule has 0 unspecified atom stereocenters. The summed E-state index contributed by atoms with van der Waals surface area (Å²) in [6.07, 6.45) is 6.86. The van der Waals surface area contributed by atoms with Crippen molar-refractivity contribution in [2.75, 3.05) is 5.32 Å². The molecule has 0 spiro atoms. The number of nitrogens with zero attached hydrogens (tertiary/aromatic N) is 3. The first-order valence-electron chi connectivity index (χ1n) is 4.95. The van der Waals surface area contributed by atoms with E-state index in [9.17, 15) is 4.79 Å². The summed E-state index contributed by atoms with van der Waals surface area (Å²) in [5.41, 5.74) is 1.48. The maximum atomic E-state index is 11.9. The lowest BCUT2D eigenvalue weighted by atomic mass is 10.2. The van der Waals surface area contributed by atoms with Crippen molar-refractivity contribution in [3.8, 4) is 0 Å². The summed E-state index contributed by atoms with van der Waals surface area (Å²) in [5.74, 6) is -0.163. The Bertz CT molecular complexity index is 659. The van der Waals surface area contributed by atoms with Crippen LogP contribution in [-0.2, 0) is 0 Å². The molecule has 3 rings (SSSR count). The molecule has 1 amide bonds. The topological polar surface area (TPSA) is 59.3 Å². The lowest BCUT2D eigenvalue weighted by Gasteiger charge is -2.02. The monoisotopic (exact) mass is 244 g/mol. The number of hydrogen-bond acceptors (Lipinski definition) is 4. The van der Waals surface area contributed by atoms with Crippen LogP contribution in [0.3, 0.4) is 0 Å². The number of rotatable bonds is 2. The lowest BCUT2D eigenvalue weighted by Crippen LogP contribution is -2.11. The number of carbonyl (C=O) groups is 1. The average Bonchev–Trinajstić information content (AvgIpc) is 2.97. The highest BCUT2D eigenvalue weighted by molar-refractivity contribution is 7.13. The minimum absolute atomic E-state index is 0.163. The van der Waals surface area contributed by atoms with Gasteiger partial charge in [0.2, 0.25) is 0 Å². The molecular formula is C11H8N4OS. The number of imidazole rings is 1. The number of fused-ring (bicyclic) bond motifs is 1. The van der Waals surface area contributed by atoms with E-state index in [1.54, 1.807) is 37.1 Å². The zero-order valence-electron chi connectivity index (χ0n) is 8.70. The van der Waals surface area contributed by atoms with Crippen molar-refractivity contribution in [3.63, 3.8) is 0 Å². The second kappa shape index (κ2) is 3.99. The second-order valence-corrected chi connectivity index (χ2v) is 4.33. The quantitative estimate of drug-likeness (QED) is 0.750. The minimum atomic E-state index is -0.163. The third-order valence-corrected chi connectivity index (χ3v) is 3.02. The molecule has 1 N–H and O–H groups in total. The molecule has 5 nitrogen and oxygen atoms in total. The van der Waals surface area contributed by atoms with E-state index >= 15 is 0 Å². The van der Waals surface area contributed by atoms with Crippen molar-refractivity contribution < 1.29 is 4.79 Å². The van der Waals surface area contributed by atoms with E-state index in [1.165, 1.54) is 11.3 Å². The molecule has 84 valence electrons. The minimum Gasteiger partial charge on any atom is -0.306 e. The molecule has 0 saturated heterocycles. The first-order chi connectivity index (χ1) is 8.33.